The SMILES string of the molecule is CN1CCCC(COC(C)(C)CCO)C1. The van der Waals surface area contributed by atoms with Crippen LogP contribution in [0.4, 0.5) is 0 Å². The van der Waals surface area contributed by atoms with Gasteiger partial charge in [-0.2, -0.15) is 0 Å². The largest absolute Gasteiger partial charge is 0.396 e. The number of hydrogen-bond acceptors (Lipinski definition) is 3. The van der Waals surface area contributed by atoms with Gasteiger partial charge in [0.15, 0.2) is 0 Å². The predicted octanol–water partition coefficient (Wildman–Crippen LogP) is 1.51. The zero-order valence-corrected chi connectivity index (χ0v) is 10.3. The average molecular weight is 215 g/mol. The number of ether oxygens (including phenoxy) is 1. The molecule has 0 amide bonds. The Labute approximate surface area is 93.4 Å². The molecule has 0 aromatic carbocycles. The second kappa shape index (κ2) is 5.83. The van der Waals surface area contributed by atoms with E-state index in [1.807, 2.05) is 0 Å². The van der Waals surface area contributed by atoms with Gasteiger partial charge in [0.2, 0.25) is 0 Å². The summed E-state index contributed by atoms with van der Waals surface area (Å²) in [4.78, 5) is 2.37. The molecule has 1 aliphatic heterocycles. The van der Waals surface area contributed by atoms with Crippen molar-refractivity contribution in [3.8, 4) is 0 Å². The molecule has 0 aromatic heterocycles. The van der Waals surface area contributed by atoms with Crippen LogP contribution in [0.3, 0.4) is 0 Å². The molecule has 15 heavy (non-hydrogen) atoms. The molecule has 0 bridgehead atoms. The molecule has 0 aromatic rings. The molecule has 1 unspecified atom stereocenters. The van der Waals surface area contributed by atoms with Crippen molar-refractivity contribution in [3.05, 3.63) is 0 Å². The summed E-state index contributed by atoms with van der Waals surface area (Å²) in [7, 11) is 2.17. The van der Waals surface area contributed by atoms with Crippen molar-refractivity contribution in [2.45, 2.75) is 38.7 Å². The topological polar surface area (TPSA) is 32.7 Å². The molecule has 0 radical (unpaired) electrons. The fourth-order valence-corrected chi connectivity index (χ4v) is 2.09. The molecule has 1 saturated heterocycles. The normalized spacial score (nSPS) is 24.4. The second-order valence-electron chi connectivity index (χ2n) is 5.31. The molecule has 0 aliphatic carbocycles. The lowest BCUT2D eigenvalue weighted by molar-refractivity contribution is -0.0564. The van der Waals surface area contributed by atoms with Crippen molar-refractivity contribution in [1.82, 2.24) is 4.90 Å². The first-order valence-electron chi connectivity index (χ1n) is 5.97. The first-order valence-corrected chi connectivity index (χ1v) is 5.97. The van der Waals surface area contributed by atoms with Gasteiger partial charge in [-0.25, -0.2) is 0 Å². The van der Waals surface area contributed by atoms with Crippen LogP contribution in [0.1, 0.15) is 33.1 Å². The van der Waals surface area contributed by atoms with Gasteiger partial charge in [-0.1, -0.05) is 0 Å². The Morgan fingerprint density at radius 3 is 2.80 bits per heavy atom. The van der Waals surface area contributed by atoms with Gasteiger partial charge in [0, 0.05) is 13.2 Å². The number of nitrogens with zero attached hydrogens (tertiary/aromatic N) is 1. The monoisotopic (exact) mass is 215 g/mol. The number of piperidine rings is 1. The quantitative estimate of drug-likeness (QED) is 0.754. The van der Waals surface area contributed by atoms with Gasteiger partial charge in [0.1, 0.15) is 0 Å². The highest BCUT2D eigenvalue weighted by Gasteiger charge is 2.22. The molecule has 90 valence electrons. The summed E-state index contributed by atoms with van der Waals surface area (Å²) in [5, 5.41) is 8.89. The molecular formula is C12H25NO2. The van der Waals surface area contributed by atoms with E-state index >= 15 is 0 Å². The molecule has 1 heterocycles. The second-order valence-corrected chi connectivity index (χ2v) is 5.31. The van der Waals surface area contributed by atoms with E-state index in [2.05, 4.69) is 25.8 Å². The number of aliphatic hydroxyl groups excluding tert-OH is 1. The van der Waals surface area contributed by atoms with Crippen LogP contribution < -0.4 is 0 Å². The minimum atomic E-state index is -0.176. The van der Waals surface area contributed by atoms with Crippen LogP contribution in [0.2, 0.25) is 0 Å². The van der Waals surface area contributed by atoms with E-state index in [-0.39, 0.29) is 12.2 Å². The third-order valence-electron chi connectivity index (χ3n) is 3.15. The smallest absolute Gasteiger partial charge is 0.0648 e. The third-order valence-corrected chi connectivity index (χ3v) is 3.15. The van der Waals surface area contributed by atoms with Crippen LogP contribution in [-0.4, -0.2) is 49.0 Å². The van der Waals surface area contributed by atoms with Gasteiger partial charge < -0.3 is 14.7 Å². The van der Waals surface area contributed by atoms with E-state index in [0.717, 1.165) is 19.6 Å². The average Bonchev–Trinajstić information content (AvgIpc) is 2.15. The van der Waals surface area contributed by atoms with Gasteiger partial charge in [-0.15, -0.1) is 0 Å². The van der Waals surface area contributed by atoms with E-state index in [1.165, 1.54) is 19.4 Å². The van der Waals surface area contributed by atoms with Gasteiger partial charge in [0.05, 0.1) is 12.2 Å². The van der Waals surface area contributed by atoms with Crippen LogP contribution in [0.5, 0.6) is 0 Å². The van der Waals surface area contributed by atoms with Crippen molar-refractivity contribution in [2.24, 2.45) is 5.92 Å². The maximum absolute atomic E-state index is 8.89. The standard InChI is InChI=1S/C12H25NO2/c1-12(2,6-8-14)15-10-11-5-4-7-13(3)9-11/h11,14H,4-10H2,1-3H3. The summed E-state index contributed by atoms with van der Waals surface area (Å²) in [6.07, 6.45) is 3.28. The summed E-state index contributed by atoms with van der Waals surface area (Å²) in [6.45, 7) is 7.51. The Hall–Kier alpha value is -0.120. The fourth-order valence-electron chi connectivity index (χ4n) is 2.09. The lowest BCUT2D eigenvalue weighted by atomic mass is 9.98. The Kier molecular flexibility index (Phi) is 5.03. The maximum atomic E-state index is 8.89. The van der Waals surface area contributed by atoms with Gasteiger partial charge in [-0.3, -0.25) is 0 Å². The minimum absolute atomic E-state index is 0.176. The zero-order valence-electron chi connectivity index (χ0n) is 10.3. The first kappa shape index (κ1) is 12.9. The number of aliphatic hydroxyl groups is 1. The van der Waals surface area contributed by atoms with Crippen molar-refractivity contribution in [2.75, 3.05) is 33.4 Å². The molecule has 1 fully saturated rings. The zero-order chi connectivity index (χ0) is 11.3. The van der Waals surface area contributed by atoms with Crippen LogP contribution in [0, 0.1) is 5.92 Å². The molecule has 1 N–H and O–H groups in total. The van der Waals surface area contributed by atoms with Gasteiger partial charge in [0.25, 0.3) is 0 Å². The van der Waals surface area contributed by atoms with Crippen LogP contribution >= 0.6 is 0 Å². The van der Waals surface area contributed by atoms with E-state index in [0.29, 0.717) is 5.92 Å². The third kappa shape index (κ3) is 4.96. The minimum Gasteiger partial charge on any atom is -0.396 e. The van der Waals surface area contributed by atoms with E-state index in [4.69, 9.17) is 9.84 Å². The molecule has 0 spiro atoms. The summed E-state index contributed by atoms with van der Waals surface area (Å²) < 4.78 is 5.87. The molecule has 1 atom stereocenters. The highest BCUT2D eigenvalue weighted by Crippen LogP contribution is 2.20. The number of hydrogen-bond donors (Lipinski definition) is 1. The predicted molar refractivity (Wildman–Crippen MR) is 62.0 cm³/mol. The van der Waals surface area contributed by atoms with Crippen molar-refractivity contribution >= 4 is 0 Å². The Morgan fingerprint density at radius 1 is 1.47 bits per heavy atom. The van der Waals surface area contributed by atoms with Crippen LogP contribution in [-0.2, 0) is 4.74 Å². The van der Waals surface area contributed by atoms with E-state index in [1.54, 1.807) is 0 Å². The molecular weight excluding hydrogens is 190 g/mol. The number of rotatable bonds is 5. The molecule has 3 nitrogen and oxygen atoms in total. The van der Waals surface area contributed by atoms with Crippen molar-refractivity contribution < 1.29 is 9.84 Å². The molecule has 1 aliphatic rings. The fraction of sp³-hybridized carbons (Fsp3) is 1.00. The summed E-state index contributed by atoms with van der Waals surface area (Å²) in [5.74, 6) is 0.668. The summed E-state index contributed by atoms with van der Waals surface area (Å²) in [5.41, 5.74) is -0.176. The highest BCUT2D eigenvalue weighted by atomic mass is 16.5. The summed E-state index contributed by atoms with van der Waals surface area (Å²) in [6, 6.07) is 0. The van der Waals surface area contributed by atoms with Gasteiger partial charge >= 0.3 is 0 Å². The lowest BCUT2D eigenvalue weighted by Crippen LogP contribution is -2.37. The van der Waals surface area contributed by atoms with Crippen molar-refractivity contribution in [3.63, 3.8) is 0 Å². The van der Waals surface area contributed by atoms with Crippen LogP contribution in [0.15, 0.2) is 0 Å². The van der Waals surface area contributed by atoms with Crippen molar-refractivity contribution in [1.29, 1.82) is 0 Å². The maximum Gasteiger partial charge on any atom is 0.0648 e. The molecule has 0 saturated carbocycles. The molecule has 1 rings (SSSR count). The van der Waals surface area contributed by atoms with E-state index in [9.17, 15) is 0 Å². The Morgan fingerprint density at radius 2 is 2.20 bits per heavy atom. The number of likely N-dealkylation sites (tertiary alicyclic amines) is 1. The first-order chi connectivity index (χ1) is 7.03. The molecule has 3 heteroatoms. The van der Waals surface area contributed by atoms with Gasteiger partial charge in [-0.05, 0) is 52.6 Å². The summed E-state index contributed by atoms with van der Waals surface area (Å²) >= 11 is 0. The Bertz CT molecular complexity index is 182. The lowest BCUT2D eigenvalue weighted by Gasteiger charge is -2.32. The van der Waals surface area contributed by atoms with Crippen LogP contribution in [0.25, 0.3) is 0 Å². The Balaban J connectivity index is 2.23. The van der Waals surface area contributed by atoms with E-state index < -0.39 is 0 Å². The highest BCUT2D eigenvalue weighted by molar-refractivity contribution is 4.73.